The Labute approximate surface area is 157 Å². The summed E-state index contributed by atoms with van der Waals surface area (Å²) in [6, 6.07) is 5.09. The number of rotatable bonds is 3. The molecule has 0 atom stereocenters. The molecular formula is C18H19F3N4O3. The lowest BCUT2D eigenvalue weighted by molar-refractivity contribution is -0.137. The van der Waals surface area contributed by atoms with Crippen molar-refractivity contribution in [3.63, 3.8) is 0 Å². The van der Waals surface area contributed by atoms with Gasteiger partial charge in [-0.2, -0.15) is 13.2 Å². The zero-order valence-corrected chi connectivity index (χ0v) is 15.1. The minimum atomic E-state index is -4.41. The van der Waals surface area contributed by atoms with Crippen molar-refractivity contribution in [2.24, 2.45) is 0 Å². The van der Waals surface area contributed by atoms with Crippen LogP contribution in [0.3, 0.4) is 0 Å². The molecule has 10 heteroatoms. The molecule has 7 nitrogen and oxygen atoms in total. The van der Waals surface area contributed by atoms with Gasteiger partial charge in [-0.05, 0) is 25.1 Å². The predicted molar refractivity (Wildman–Crippen MR) is 96.4 cm³/mol. The van der Waals surface area contributed by atoms with Crippen molar-refractivity contribution in [3.8, 4) is 0 Å². The summed E-state index contributed by atoms with van der Waals surface area (Å²) < 4.78 is 38.6. The smallest absolute Gasteiger partial charge is 0.368 e. The van der Waals surface area contributed by atoms with E-state index >= 15 is 0 Å². The van der Waals surface area contributed by atoms with Crippen LogP contribution in [0, 0.1) is 6.92 Å². The number of nitrogens with zero attached hydrogens (tertiary/aromatic N) is 2. The van der Waals surface area contributed by atoms with E-state index in [1.165, 1.54) is 6.07 Å². The summed E-state index contributed by atoms with van der Waals surface area (Å²) >= 11 is 0. The Morgan fingerprint density at radius 3 is 2.39 bits per heavy atom. The van der Waals surface area contributed by atoms with Gasteiger partial charge in [0.05, 0.1) is 12.0 Å². The van der Waals surface area contributed by atoms with E-state index in [-0.39, 0.29) is 17.9 Å². The van der Waals surface area contributed by atoms with Crippen LogP contribution in [-0.4, -0.2) is 47.0 Å². The SMILES string of the molecule is Cc1[nH]c(=O)[nH]c(=O)c1CC(=O)N1CCN(c2cccc(C(F)(F)F)c2)CC1. The van der Waals surface area contributed by atoms with Crippen LogP contribution in [0.4, 0.5) is 18.9 Å². The predicted octanol–water partition coefficient (Wildman–Crippen LogP) is 1.28. The van der Waals surface area contributed by atoms with Gasteiger partial charge in [0.2, 0.25) is 5.91 Å². The van der Waals surface area contributed by atoms with Crippen molar-refractivity contribution in [2.75, 3.05) is 31.1 Å². The Bertz CT molecular complexity index is 989. The van der Waals surface area contributed by atoms with E-state index in [4.69, 9.17) is 0 Å². The van der Waals surface area contributed by atoms with E-state index in [9.17, 15) is 27.6 Å². The van der Waals surface area contributed by atoms with E-state index in [0.717, 1.165) is 12.1 Å². The van der Waals surface area contributed by atoms with E-state index in [0.29, 0.717) is 37.6 Å². The van der Waals surface area contributed by atoms with Crippen LogP contribution in [0.1, 0.15) is 16.8 Å². The fourth-order valence-electron chi connectivity index (χ4n) is 3.19. The van der Waals surface area contributed by atoms with Gasteiger partial charge in [-0.15, -0.1) is 0 Å². The lowest BCUT2D eigenvalue weighted by Crippen LogP contribution is -2.49. The maximum Gasteiger partial charge on any atom is 0.416 e. The van der Waals surface area contributed by atoms with Crippen LogP contribution >= 0.6 is 0 Å². The lowest BCUT2D eigenvalue weighted by Gasteiger charge is -2.36. The van der Waals surface area contributed by atoms with E-state index < -0.39 is 23.0 Å². The number of aromatic amines is 2. The molecule has 1 aromatic heterocycles. The number of carbonyl (C=O) groups excluding carboxylic acids is 1. The summed E-state index contributed by atoms with van der Waals surface area (Å²) in [4.78, 5) is 43.5. The number of amides is 1. The number of H-pyrrole nitrogens is 2. The topological polar surface area (TPSA) is 89.3 Å². The van der Waals surface area contributed by atoms with Crippen LogP contribution in [0.15, 0.2) is 33.9 Å². The highest BCUT2D eigenvalue weighted by Gasteiger charge is 2.31. The summed E-state index contributed by atoms with van der Waals surface area (Å²) in [6.45, 7) is 2.97. The fraction of sp³-hybridized carbons (Fsp3) is 0.389. The Hall–Kier alpha value is -3.04. The van der Waals surface area contributed by atoms with Gasteiger partial charge in [0, 0.05) is 43.1 Å². The third kappa shape index (κ3) is 4.26. The average Bonchev–Trinajstić information content (AvgIpc) is 2.64. The summed E-state index contributed by atoms with van der Waals surface area (Å²) in [6.07, 6.45) is -4.56. The average molecular weight is 396 g/mol. The van der Waals surface area contributed by atoms with Gasteiger partial charge in [0.15, 0.2) is 0 Å². The third-order valence-electron chi connectivity index (χ3n) is 4.75. The van der Waals surface area contributed by atoms with Crippen molar-refractivity contribution in [1.82, 2.24) is 14.9 Å². The molecule has 0 aliphatic carbocycles. The van der Waals surface area contributed by atoms with E-state index in [1.807, 2.05) is 0 Å². The second-order valence-electron chi connectivity index (χ2n) is 6.60. The molecule has 0 bridgehead atoms. The highest BCUT2D eigenvalue weighted by molar-refractivity contribution is 5.79. The van der Waals surface area contributed by atoms with Crippen LogP contribution < -0.4 is 16.1 Å². The number of benzene rings is 1. The standard InChI is InChI=1S/C18H19F3N4O3/c1-11-14(16(27)23-17(28)22-11)10-15(26)25-7-5-24(6-8-25)13-4-2-3-12(9-13)18(19,20)21/h2-4,9H,5-8,10H2,1H3,(H2,22,23,27,28). The van der Waals surface area contributed by atoms with E-state index in [1.54, 1.807) is 22.8 Å². The van der Waals surface area contributed by atoms with Crippen molar-refractivity contribution in [2.45, 2.75) is 19.5 Å². The molecule has 0 saturated carbocycles. The molecule has 150 valence electrons. The minimum Gasteiger partial charge on any atom is -0.368 e. The molecule has 2 aromatic rings. The van der Waals surface area contributed by atoms with Gasteiger partial charge in [0.1, 0.15) is 0 Å². The normalized spacial score (nSPS) is 15.0. The number of anilines is 1. The number of piperazine rings is 1. The van der Waals surface area contributed by atoms with Crippen molar-refractivity contribution < 1.29 is 18.0 Å². The van der Waals surface area contributed by atoms with Gasteiger partial charge in [-0.1, -0.05) is 6.07 Å². The molecule has 1 saturated heterocycles. The molecule has 3 rings (SSSR count). The van der Waals surface area contributed by atoms with Crippen molar-refractivity contribution in [3.05, 3.63) is 61.9 Å². The summed E-state index contributed by atoms with van der Waals surface area (Å²) in [5.41, 5.74) is -0.952. The number of aryl methyl sites for hydroxylation is 1. The Balaban J connectivity index is 1.65. The monoisotopic (exact) mass is 396 g/mol. The maximum absolute atomic E-state index is 12.9. The van der Waals surface area contributed by atoms with E-state index in [2.05, 4.69) is 9.97 Å². The summed E-state index contributed by atoms with van der Waals surface area (Å²) in [5, 5.41) is 0. The second-order valence-corrected chi connectivity index (χ2v) is 6.60. The molecule has 28 heavy (non-hydrogen) atoms. The largest absolute Gasteiger partial charge is 0.416 e. The first-order chi connectivity index (χ1) is 13.1. The summed E-state index contributed by atoms with van der Waals surface area (Å²) in [5.74, 6) is -0.274. The quantitative estimate of drug-likeness (QED) is 0.818. The summed E-state index contributed by atoms with van der Waals surface area (Å²) in [7, 11) is 0. The Morgan fingerprint density at radius 2 is 1.79 bits per heavy atom. The van der Waals surface area contributed by atoms with Crippen LogP contribution in [0.2, 0.25) is 0 Å². The van der Waals surface area contributed by atoms with Crippen LogP contribution in [0.5, 0.6) is 0 Å². The highest BCUT2D eigenvalue weighted by Crippen LogP contribution is 2.31. The first-order valence-electron chi connectivity index (χ1n) is 8.67. The molecule has 1 fully saturated rings. The van der Waals surface area contributed by atoms with Gasteiger partial charge >= 0.3 is 11.9 Å². The zero-order chi connectivity index (χ0) is 20.5. The number of aromatic nitrogens is 2. The molecule has 0 spiro atoms. The highest BCUT2D eigenvalue weighted by atomic mass is 19.4. The number of hydrogen-bond donors (Lipinski definition) is 2. The maximum atomic E-state index is 12.9. The molecule has 1 amide bonds. The van der Waals surface area contributed by atoms with Gasteiger partial charge in [-0.3, -0.25) is 14.6 Å². The first-order valence-corrected chi connectivity index (χ1v) is 8.67. The molecule has 1 aromatic carbocycles. The third-order valence-corrected chi connectivity index (χ3v) is 4.75. The molecule has 0 radical (unpaired) electrons. The molecule has 1 aliphatic rings. The van der Waals surface area contributed by atoms with Crippen molar-refractivity contribution in [1.29, 1.82) is 0 Å². The number of hydrogen-bond acceptors (Lipinski definition) is 4. The Morgan fingerprint density at radius 1 is 1.11 bits per heavy atom. The number of nitrogens with one attached hydrogen (secondary N) is 2. The first kappa shape index (κ1) is 19.7. The number of halogens is 3. The minimum absolute atomic E-state index is 0.151. The molecular weight excluding hydrogens is 377 g/mol. The lowest BCUT2D eigenvalue weighted by atomic mass is 10.1. The molecule has 0 unspecified atom stereocenters. The fourth-order valence-corrected chi connectivity index (χ4v) is 3.19. The van der Waals surface area contributed by atoms with Crippen molar-refractivity contribution >= 4 is 11.6 Å². The van der Waals surface area contributed by atoms with Gasteiger partial charge < -0.3 is 14.8 Å². The molecule has 2 heterocycles. The number of carbonyl (C=O) groups is 1. The Kier molecular flexibility index (Phi) is 5.30. The zero-order valence-electron chi connectivity index (χ0n) is 15.1. The number of alkyl halides is 3. The molecule has 2 N–H and O–H groups in total. The van der Waals surface area contributed by atoms with Crippen LogP contribution in [-0.2, 0) is 17.4 Å². The second kappa shape index (κ2) is 7.53. The van der Waals surface area contributed by atoms with Gasteiger partial charge in [-0.25, -0.2) is 4.79 Å². The van der Waals surface area contributed by atoms with Gasteiger partial charge in [0.25, 0.3) is 5.56 Å². The van der Waals surface area contributed by atoms with Crippen LogP contribution in [0.25, 0.3) is 0 Å². The molecule has 1 aliphatic heterocycles.